The van der Waals surface area contributed by atoms with Gasteiger partial charge in [-0.15, -0.1) is 0 Å². The fraction of sp³-hybridized carbons (Fsp3) is 0.455. The number of fused-ring (bicyclic) bond motifs is 4. The molecule has 7 heteroatoms. The van der Waals surface area contributed by atoms with Gasteiger partial charge in [0.2, 0.25) is 0 Å². The Balaban J connectivity index is 1.83. The van der Waals surface area contributed by atoms with Crippen LogP contribution in [-0.2, 0) is 11.2 Å². The van der Waals surface area contributed by atoms with Crippen molar-refractivity contribution in [2.45, 2.75) is 44.8 Å². The smallest absolute Gasteiger partial charge is 0.341 e. The molecule has 1 aromatic heterocycles. The number of benzene rings is 1. The van der Waals surface area contributed by atoms with E-state index in [4.69, 9.17) is 14.2 Å². The Labute approximate surface area is 168 Å². The van der Waals surface area contributed by atoms with Crippen LogP contribution < -0.4 is 14.9 Å². The summed E-state index contributed by atoms with van der Waals surface area (Å²) in [7, 11) is 1.62. The van der Waals surface area contributed by atoms with Crippen LogP contribution in [0, 0.1) is 0 Å². The average molecular weight is 399 g/mol. The molecule has 1 N–H and O–H groups in total. The molecule has 0 saturated heterocycles. The van der Waals surface area contributed by atoms with Gasteiger partial charge in [-0.1, -0.05) is 19.8 Å². The van der Waals surface area contributed by atoms with Crippen molar-refractivity contribution in [3.8, 4) is 22.8 Å². The lowest BCUT2D eigenvalue weighted by molar-refractivity contribution is 0.0366. The summed E-state index contributed by atoms with van der Waals surface area (Å²) < 4.78 is 19.1. The van der Waals surface area contributed by atoms with Crippen LogP contribution in [-0.4, -0.2) is 42.1 Å². The zero-order valence-electron chi connectivity index (χ0n) is 16.6. The Morgan fingerprint density at radius 3 is 2.62 bits per heavy atom. The lowest BCUT2D eigenvalue weighted by atomic mass is 9.89. The van der Waals surface area contributed by atoms with Crippen LogP contribution in [0.1, 0.15) is 48.1 Å². The monoisotopic (exact) mass is 399 g/mol. The number of ether oxygens (including phenoxy) is 3. The number of methoxy groups -OCH3 is 1. The third kappa shape index (κ3) is 3.62. The first-order chi connectivity index (χ1) is 14.0. The highest BCUT2D eigenvalue weighted by molar-refractivity contribution is 5.87. The molecule has 0 amide bonds. The molecule has 2 aliphatic heterocycles. The van der Waals surface area contributed by atoms with E-state index in [1.807, 2.05) is 16.7 Å². The second-order valence-corrected chi connectivity index (χ2v) is 7.59. The molecule has 2 unspecified atom stereocenters. The van der Waals surface area contributed by atoms with Gasteiger partial charge < -0.3 is 23.9 Å². The fourth-order valence-corrected chi connectivity index (χ4v) is 4.05. The summed E-state index contributed by atoms with van der Waals surface area (Å²) in [5, 5.41) is 9.40. The maximum Gasteiger partial charge on any atom is 0.341 e. The van der Waals surface area contributed by atoms with Gasteiger partial charge >= 0.3 is 5.97 Å². The third-order valence-electron chi connectivity index (χ3n) is 5.68. The normalized spacial score (nSPS) is 19.8. The molecular weight excluding hydrogens is 374 g/mol. The van der Waals surface area contributed by atoms with Crippen LogP contribution >= 0.6 is 0 Å². The molecule has 1 aromatic carbocycles. The minimum Gasteiger partial charge on any atom is -0.487 e. The molecule has 0 radical (unpaired) electrons. The van der Waals surface area contributed by atoms with Gasteiger partial charge in [-0.05, 0) is 30.5 Å². The number of carbonyl (C=O) groups is 1. The molecule has 0 aliphatic carbocycles. The summed E-state index contributed by atoms with van der Waals surface area (Å²) >= 11 is 0. The SMILES string of the molecule is CCCCC1Cc2cc3c(cc2-c2cc(=O)c(C(=O)O)cn21)OCC(OC)CO3. The highest BCUT2D eigenvalue weighted by atomic mass is 16.6. The van der Waals surface area contributed by atoms with Crippen molar-refractivity contribution >= 4 is 5.97 Å². The number of unbranched alkanes of at least 4 members (excludes halogenated alkanes) is 1. The maximum atomic E-state index is 12.4. The minimum absolute atomic E-state index is 0.0904. The quantitative estimate of drug-likeness (QED) is 0.830. The Hall–Kier alpha value is -2.80. The van der Waals surface area contributed by atoms with Crippen LogP contribution in [0.15, 0.2) is 29.2 Å². The number of aromatic carboxylic acids is 1. The fourth-order valence-electron chi connectivity index (χ4n) is 4.05. The lowest BCUT2D eigenvalue weighted by Gasteiger charge is -2.31. The number of hydrogen-bond donors (Lipinski definition) is 1. The standard InChI is InChI=1S/C22H25NO6/c1-3-4-5-14-6-13-7-20-21(29-12-15(27-2)11-28-20)8-16(13)18-9-19(24)17(22(25)26)10-23(14)18/h7-10,14-15H,3-6,11-12H2,1-2H3,(H,25,26). The number of hydrogen-bond acceptors (Lipinski definition) is 5. The van der Waals surface area contributed by atoms with E-state index in [1.165, 1.54) is 12.3 Å². The van der Waals surface area contributed by atoms with Gasteiger partial charge in [-0.3, -0.25) is 4.79 Å². The van der Waals surface area contributed by atoms with Crippen molar-refractivity contribution in [1.29, 1.82) is 0 Å². The van der Waals surface area contributed by atoms with Crippen LogP contribution in [0.5, 0.6) is 11.5 Å². The van der Waals surface area contributed by atoms with Gasteiger partial charge in [0.25, 0.3) is 0 Å². The van der Waals surface area contributed by atoms with Gasteiger partial charge in [0, 0.05) is 31.0 Å². The van der Waals surface area contributed by atoms with Crippen molar-refractivity contribution in [3.63, 3.8) is 0 Å². The number of rotatable bonds is 5. The average Bonchev–Trinajstić information content (AvgIpc) is 2.91. The van der Waals surface area contributed by atoms with E-state index < -0.39 is 11.4 Å². The lowest BCUT2D eigenvalue weighted by Crippen LogP contribution is -2.25. The van der Waals surface area contributed by atoms with Gasteiger partial charge in [0.05, 0.1) is 5.69 Å². The van der Waals surface area contributed by atoms with Crippen molar-refractivity contribution in [1.82, 2.24) is 4.57 Å². The molecule has 2 aromatic rings. The predicted molar refractivity (Wildman–Crippen MR) is 107 cm³/mol. The summed E-state index contributed by atoms with van der Waals surface area (Å²) in [5.74, 6) is 0.0849. The largest absolute Gasteiger partial charge is 0.487 e. The number of pyridine rings is 1. The van der Waals surface area contributed by atoms with Crippen molar-refractivity contribution in [2.75, 3.05) is 20.3 Å². The highest BCUT2D eigenvalue weighted by Gasteiger charge is 2.28. The highest BCUT2D eigenvalue weighted by Crippen LogP contribution is 2.42. The zero-order chi connectivity index (χ0) is 20.5. The Morgan fingerprint density at radius 1 is 1.24 bits per heavy atom. The van der Waals surface area contributed by atoms with Crippen molar-refractivity contribution in [3.05, 3.63) is 45.7 Å². The van der Waals surface area contributed by atoms with Gasteiger partial charge in [0.15, 0.2) is 16.9 Å². The van der Waals surface area contributed by atoms with Crippen molar-refractivity contribution in [2.24, 2.45) is 0 Å². The van der Waals surface area contributed by atoms with Crippen LogP contribution in [0.3, 0.4) is 0 Å². The second-order valence-electron chi connectivity index (χ2n) is 7.59. The molecule has 2 atom stereocenters. The van der Waals surface area contributed by atoms with E-state index in [0.29, 0.717) is 24.7 Å². The number of carboxylic acid groups (broad SMARTS) is 1. The van der Waals surface area contributed by atoms with E-state index in [2.05, 4.69) is 6.92 Å². The maximum absolute atomic E-state index is 12.4. The van der Waals surface area contributed by atoms with E-state index in [0.717, 1.165) is 42.5 Å². The molecule has 7 nitrogen and oxygen atoms in total. The molecule has 2 aliphatic rings. The summed E-state index contributed by atoms with van der Waals surface area (Å²) in [6, 6.07) is 5.40. The first kappa shape index (κ1) is 19.5. The van der Waals surface area contributed by atoms with Crippen molar-refractivity contribution < 1.29 is 24.1 Å². The molecular formula is C22H25NO6. The van der Waals surface area contributed by atoms with E-state index >= 15 is 0 Å². The molecule has 0 fully saturated rings. The van der Waals surface area contributed by atoms with Crippen LogP contribution in [0.25, 0.3) is 11.3 Å². The Kier molecular flexibility index (Phi) is 5.32. The van der Waals surface area contributed by atoms with Crippen LogP contribution in [0.2, 0.25) is 0 Å². The second kappa shape index (κ2) is 7.91. The van der Waals surface area contributed by atoms with Gasteiger partial charge in [0.1, 0.15) is 24.9 Å². The summed E-state index contributed by atoms with van der Waals surface area (Å²) in [4.78, 5) is 23.9. The summed E-state index contributed by atoms with van der Waals surface area (Å²) in [5.41, 5.74) is 1.99. The minimum atomic E-state index is -1.20. The molecule has 3 heterocycles. The Bertz CT molecular complexity index is 996. The molecule has 154 valence electrons. The number of carboxylic acids is 1. The first-order valence-corrected chi connectivity index (χ1v) is 9.97. The molecule has 0 spiro atoms. The van der Waals surface area contributed by atoms with Gasteiger partial charge in [-0.2, -0.15) is 0 Å². The Morgan fingerprint density at radius 2 is 1.97 bits per heavy atom. The summed E-state index contributed by atoms with van der Waals surface area (Å²) in [6.07, 6.45) is 5.07. The van der Waals surface area contributed by atoms with E-state index in [-0.39, 0.29) is 17.7 Å². The zero-order valence-corrected chi connectivity index (χ0v) is 16.6. The van der Waals surface area contributed by atoms with Gasteiger partial charge in [-0.25, -0.2) is 4.79 Å². The molecule has 0 saturated carbocycles. The topological polar surface area (TPSA) is 87.0 Å². The molecule has 0 bridgehead atoms. The van der Waals surface area contributed by atoms with E-state index in [1.54, 1.807) is 7.11 Å². The molecule has 4 rings (SSSR count). The summed E-state index contributed by atoms with van der Waals surface area (Å²) in [6.45, 7) is 2.93. The first-order valence-electron chi connectivity index (χ1n) is 9.97. The molecule has 29 heavy (non-hydrogen) atoms. The van der Waals surface area contributed by atoms with Crippen LogP contribution in [0.4, 0.5) is 0 Å². The number of aromatic nitrogens is 1. The predicted octanol–water partition coefficient (Wildman–Crippen LogP) is 3.29. The van der Waals surface area contributed by atoms with E-state index in [9.17, 15) is 14.7 Å². The third-order valence-corrected chi connectivity index (χ3v) is 5.68. The number of nitrogens with zero attached hydrogens (tertiary/aromatic N) is 1.